The lowest BCUT2D eigenvalue weighted by atomic mass is 10.0. The molecule has 0 spiro atoms. The Morgan fingerprint density at radius 1 is 1.09 bits per heavy atom. The maximum atomic E-state index is 13.2. The molecule has 22 heavy (non-hydrogen) atoms. The first-order chi connectivity index (χ1) is 10.6. The van der Waals surface area contributed by atoms with Crippen molar-refractivity contribution in [1.82, 2.24) is 15.3 Å². The molecule has 1 aromatic heterocycles. The first kappa shape index (κ1) is 14.8. The van der Waals surface area contributed by atoms with Crippen LogP contribution in [0.1, 0.15) is 5.56 Å². The molecule has 0 amide bonds. The van der Waals surface area contributed by atoms with Crippen LogP contribution in [-0.4, -0.2) is 36.1 Å². The molecule has 0 radical (unpaired) electrons. The minimum absolute atomic E-state index is 0.0888. The summed E-state index contributed by atoms with van der Waals surface area (Å²) in [7, 11) is 0. The summed E-state index contributed by atoms with van der Waals surface area (Å²) in [5.74, 6) is 0. The lowest BCUT2D eigenvalue weighted by Gasteiger charge is -2.30. The highest BCUT2D eigenvalue weighted by molar-refractivity contribution is 5.77. The summed E-state index contributed by atoms with van der Waals surface area (Å²) >= 11 is 0. The van der Waals surface area contributed by atoms with E-state index >= 15 is 0 Å². The first-order valence-corrected chi connectivity index (χ1v) is 6.99. The van der Waals surface area contributed by atoms with Crippen LogP contribution in [0.5, 0.6) is 0 Å². The number of nitrogens with one attached hydrogen (secondary N) is 1. The molecule has 1 aromatic carbocycles. The molecule has 1 aliphatic rings. The summed E-state index contributed by atoms with van der Waals surface area (Å²) in [5.41, 5.74) is 0.376. The number of nitrogens with zero attached hydrogens (tertiary/aromatic N) is 3. The van der Waals surface area contributed by atoms with Crippen LogP contribution in [0.2, 0.25) is 0 Å². The number of hydrogen-bond acceptors (Lipinski definition) is 4. The normalized spacial score (nSPS) is 15.9. The Bertz CT molecular complexity index is 651. The van der Waals surface area contributed by atoms with Gasteiger partial charge < -0.3 is 10.2 Å². The second kappa shape index (κ2) is 5.92. The number of hydrogen-bond donors (Lipinski definition) is 1. The predicted molar refractivity (Wildman–Crippen MR) is 77.6 cm³/mol. The van der Waals surface area contributed by atoms with Gasteiger partial charge in [0.1, 0.15) is 6.33 Å². The quantitative estimate of drug-likeness (QED) is 0.926. The van der Waals surface area contributed by atoms with Crippen LogP contribution in [0.3, 0.4) is 0 Å². The Balaban J connectivity index is 2.10. The van der Waals surface area contributed by atoms with Crippen molar-refractivity contribution in [2.75, 3.05) is 31.1 Å². The largest absolute Gasteiger partial charge is 0.417 e. The molecule has 1 saturated heterocycles. The van der Waals surface area contributed by atoms with Gasteiger partial charge in [-0.15, -0.1) is 0 Å². The van der Waals surface area contributed by atoms with E-state index in [9.17, 15) is 13.2 Å². The third-order valence-corrected chi connectivity index (χ3v) is 3.64. The number of benzene rings is 1. The molecular formula is C15H15F3N4. The van der Waals surface area contributed by atoms with Gasteiger partial charge in [0, 0.05) is 31.7 Å². The van der Waals surface area contributed by atoms with E-state index in [0.29, 0.717) is 24.5 Å². The average molecular weight is 308 g/mol. The van der Waals surface area contributed by atoms with E-state index in [1.165, 1.54) is 18.5 Å². The highest BCUT2D eigenvalue weighted by atomic mass is 19.4. The molecule has 116 valence electrons. The fourth-order valence-electron chi connectivity index (χ4n) is 2.60. The molecule has 1 fully saturated rings. The van der Waals surface area contributed by atoms with E-state index in [0.717, 1.165) is 19.2 Å². The van der Waals surface area contributed by atoms with E-state index in [1.54, 1.807) is 12.3 Å². The van der Waals surface area contributed by atoms with Crippen molar-refractivity contribution in [2.24, 2.45) is 0 Å². The Hall–Kier alpha value is -2.15. The van der Waals surface area contributed by atoms with Crippen LogP contribution in [-0.2, 0) is 6.18 Å². The molecule has 0 aliphatic carbocycles. The minimum atomic E-state index is -4.41. The molecule has 0 atom stereocenters. The zero-order valence-electron chi connectivity index (χ0n) is 11.8. The Kier molecular flexibility index (Phi) is 3.98. The SMILES string of the molecule is FC(F)(F)c1ccccc1-c1ncncc1N1CCNCC1. The van der Waals surface area contributed by atoms with Gasteiger partial charge in [0.2, 0.25) is 0 Å². The molecular weight excluding hydrogens is 293 g/mol. The standard InChI is InChI=1S/C15H15F3N4/c16-15(17,18)12-4-2-1-3-11(12)14-13(9-20-10-21-14)22-7-5-19-6-8-22/h1-4,9-10,19H,5-8H2. The van der Waals surface area contributed by atoms with E-state index < -0.39 is 11.7 Å². The maximum Gasteiger partial charge on any atom is 0.417 e. The van der Waals surface area contributed by atoms with Crippen molar-refractivity contribution < 1.29 is 13.2 Å². The maximum absolute atomic E-state index is 13.2. The highest BCUT2D eigenvalue weighted by Crippen LogP contribution is 2.39. The van der Waals surface area contributed by atoms with E-state index in [-0.39, 0.29) is 5.56 Å². The molecule has 7 heteroatoms. The summed E-state index contributed by atoms with van der Waals surface area (Å²) in [4.78, 5) is 10.1. The van der Waals surface area contributed by atoms with Crippen molar-refractivity contribution in [3.05, 3.63) is 42.4 Å². The predicted octanol–water partition coefficient (Wildman–Crippen LogP) is 2.57. The van der Waals surface area contributed by atoms with Crippen molar-refractivity contribution in [1.29, 1.82) is 0 Å². The summed E-state index contributed by atoms with van der Waals surface area (Å²) in [6.07, 6.45) is -1.54. The zero-order valence-corrected chi connectivity index (χ0v) is 11.8. The smallest absolute Gasteiger partial charge is 0.366 e. The molecule has 2 heterocycles. The molecule has 3 rings (SSSR count). The zero-order chi connectivity index (χ0) is 15.6. The molecule has 0 unspecified atom stereocenters. The number of anilines is 1. The number of piperazine rings is 1. The average Bonchev–Trinajstić information content (AvgIpc) is 2.55. The van der Waals surface area contributed by atoms with E-state index in [1.807, 2.05) is 4.90 Å². The lowest BCUT2D eigenvalue weighted by molar-refractivity contribution is -0.137. The molecule has 2 aromatic rings. The summed E-state index contributed by atoms with van der Waals surface area (Å²) in [5, 5.41) is 3.22. The molecule has 1 aliphatic heterocycles. The number of alkyl halides is 3. The van der Waals surface area contributed by atoms with E-state index in [4.69, 9.17) is 0 Å². The summed E-state index contributed by atoms with van der Waals surface area (Å²) < 4.78 is 39.7. The van der Waals surface area contributed by atoms with Crippen molar-refractivity contribution >= 4 is 5.69 Å². The second-order valence-corrected chi connectivity index (χ2v) is 5.04. The van der Waals surface area contributed by atoms with Crippen molar-refractivity contribution in [3.8, 4) is 11.3 Å². The topological polar surface area (TPSA) is 41.1 Å². The fraction of sp³-hybridized carbons (Fsp3) is 0.333. The van der Waals surface area contributed by atoms with Crippen LogP contribution in [0.15, 0.2) is 36.8 Å². The van der Waals surface area contributed by atoms with Gasteiger partial charge in [0.15, 0.2) is 0 Å². The van der Waals surface area contributed by atoms with Crippen LogP contribution in [0.25, 0.3) is 11.3 Å². The van der Waals surface area contributed by atoms with Crippen LogP contribution in [0.4, 0.5) is 18.9 Å². The van der Waals surface area contributed by atoms with Gasteiger partial charge in [-0.2, -0.15) is 13.2 Å². The van der Waals surface area contributed by atoms with Gasteiger partial charge in [-0.3, -0.25) is 0 Å². The number of rotatable bonds is 2. The Labute approximate surface area is 126 Å². The van der Waals surface area contributed by atoms with Crippen molar-refractivity contribution in [2.45, 2.75) is 6.18 Å². The fourth-order valence-corrected chi connectivity index (χ4v) is 2.60. The van der Waals surface area contributed by atoms with Crippen LogP contribution >= 0.6 is 0 Å². The first-order valence-electron chi connectivity index (χ1n) is 6.99. The van der Waals surface area contributed by atoms with Gasteiger partial charge in [0.25, 0.3) is 0 Å². The molecule has 0 saturated carbocycles. The van der Waals surface area contributed by atoms with Gasteiger partial charge >= 0.3 is 6.18 Å². The Morgan fingerprint density at radius 3 is 2.55 bits per heavy atom. The molecule has 1 N–H and O–H groups in total. The van der Waals surface area contributed by atoms with Gasteiger partial charge in [-0.1, -0.05) is 18.2 Å². The second-order valence-electron chi connectivity index (χ2n) is 5.04. The molecule has 0 bridgehead atoms. The summed E-state index contributed by atoms with van der Waals surface area (Å²) in [6, 6.07) is 5.52. The van der Waals surface area contributed by atoms with E-state index in [2.05, 4.69) is 15.3 Å². The number of aromatic nitrogens is 2. The van der Waals surface area contributed by atoms with Gasteiger partial charge in [0.05, 0.1) is 23.1 Å². The third-order valence-electron chi connectivity index (χ3n) is 3.64. The van der Waals surface area contributed by atoms with Crippen LogP contribution in [0, 0.1) is 0 Å². The minimum Gasteiger partial charge on any atom is -0.366 e. The third kappa shape index (κ3) is 2.89. The highest BCUT2D eigenvalue weighted by Gasteiger charge is 2.34. The van der Waals surface area contributed by atoms with Gasteiger partial charge in [-0.05, 0) is 6.07 Å². The van der Waals surface area contributed by atoms with Crippen molar-refractivity contribution in [3.63, 3.8) is 0 Å². The number of halogens is 3. The Morgan fingerprint density at radius 2 is 1.82 bits per heavy atom. The van der Waals surface area contributed by atoms with Gasteiger partial charge in [-0.25, -0.2) is 9.97 Å². The van der Waals surface area contributed by atoms with Crippen LogP contribution < -0.4 is 10.2 Å². The molecule has 4 nitrogen and oxygen atoms in total. The lowest BCUT2D eigenvalue weighted by Crippen LogP contribution is -2.43. The monoisotopic (exact) mass is 308 g/mol. The summed E-state index contributed by atoms with van der Waals surface area (Å²) in [6.45, 7) is 3.01.